The van der Waals surface area contributed by atoms with E-state index in [4.69, 9.17) is 4.74 Å². The Hall–Kier alpha value is -2.69. The zero-order chi connectivity index (χ0) is 15.4. The Bertz CT molecular complexity index is 655. The van der Waals surface area contributed by atoms with Crippen LogP contribution in [0.5, 0.6) is 5.75 Å². The number of nitrogens with zero attached hydrogens (tertiary/aromatic N) is 3. The van der Waals surface area contributed by atoms with E-state index in [0.29, 0.717) is 13.3 Å². The average molecular weight is 296 g/mol. The molecule has 0 fully saturated rings. The number of amidine groups is 1. The van der Waals surface area contributed by atoms with Crippen molar-refractivity contribution in [3.8, 4) is 5.75 Å². The van der Waals surface area contributed by atoms with Gasteiger partial charge in [0.1, 0.15) is 19.0 Å². The summed E-state index contributed by atoms with van der Waals surface area (Å²) in [6, 6.07) is 18.2. The lowest BCUT2D eigenvalue weighted by Gasteiger charge is -2.19. The van der Waals surface area contributed by atoms with Crippen LogP contribution in [0, 0.1) is 0 Å². The number of nitrogens with one attached hydrogen (secondary N) is 1. The summed E-state index contributed by atoms with van der Waals surface area (Å²) < 4.78 is 5.89. The van der Waals surface area contributed by atoms with Crippen molar-refractivity contribution in [3.05, 3.63) is 54.6 Å². The standard InChI is InChI=1S/C17H20N4O/c1-20(2)15-9-6-10-16(11-15)22-12-17-19-18-13-21(17)14-7-4-3-5-8-14/h3-11,18H,12-13H2,1-2H3. The summed E-state index contributed by atoms with van der Waals surface area (Å²) in [5.41, 5.74) is 5.24. The Balaban J connectivity index is 1.67. The summed E-state index contributed by atoms with van der Waals surface area (Å²) in [7, 11) is 4.03. The van der Waals surface area contributed by atoms with E-state index in [2.05, 4.69) is 38.5 Å². The maximum Gasteiger partial charge on any atom is 0.168 e. The number of para-hydroxylation sites is 1. The van der Waals surface area contributed by atoms with E-state index in [-0.39, 0.29) is 0 Å². The first-order chi connectivity index (χ1) is 10.7. The molecule has 0 saturated heterocycles. The molecule has 5 heteroatoms. The summed E-state index contributed by atoms with van der Waals surface area (Å²) in [6.07, 6.45) is 0. The molecule has 1 aliphatic rings. The molecule has 0 aliphatic carbocycles. The van der Waals surface area contributed by atoms with Gasteiger partial charge >= 0.3 is 0 Å². The number of benzene rings is 2. The molecule has 0 radical (unpaired) electrons. The third-order valence-corrected chi connectivity index (χ3v) is 3.52. The number of anilines is 2. The molecule has 1 heterocycles. The lowest BCUT2D eigenvalue weighted by Crippen LogP contribution is -2.32. The second-order valence-corrected chi connectivity index (χ2v) is 5.29. The molecular formula is C17H20N4O. The summed E-state index contributed by atoms with van der Waals surface area (Å²) >= 11 is 0. The van der Waals surface area contributed by atoms with Crippen molar-refractivity contribution in [2.45, 2.75) is 0 Å². The van der Waals surface area contributed by atoms with E-state index >= 15 is 0 Å². The quantitative estimate of drug-likeness (QED) is 0.920. The molecule has 0 bridgehead atoms. The second-order valence-electron chi connectivity index (χ2n) is 5.29. The van der Waals surface area contributed by atoms with Crippen molar-refractivity contribution in [2.75, 3.05) is 37.2 Å². The van der Waals surface area contributed by atoms with E-state index in [1.807, 2.05) is 50.5 Å². The molecule has 114 valence electrons. The largest absolute Gasteiger partial charge is 0.486 e. The number of rotatable bonds is 5. The van der Waals surface area contributed by atoms with Crippen LogP contribution in [0.25, 0.3) is 0 Å². The van der Waals surface area contributed by atoms with Crippen LogP contribution in [-0.4, -0.2) is 33.2 Å². The molecule has 1 N–H and O–H groups in total. The highest BCUT2D eigenvalue weighted by atomic mass is 16.5. The van der Waals surface area contributed by atoms with Crippen LogP contribution in [0.1, 0.15) is 0 Å². The molecule has 0 unspecified atom stereocenters. The maximum atomic E-state index is 5.89. The van der Waals surface area contributed by atoms with Crippen LogP contribution in [0.4, 0.5) is 11.4 Å². The number of ether oxygens (including phenoxy) is 1. The molecule has 0 spiro atoms. The molecule has 2 aromatic rings. The fraction of sp³-hybridized carbons (Fsp3) is 0.235. The molecule has 1 aliphatic heterocycles. The van der Waals surface area contributed by atoms with Gasteiger partial charge in [0.2, 0.25) is 0 Å². The van der Waals surface area contributed by atoms with Crippen LogP contribution in [0.3, 0.4) is 0 Å². The molecule has 0 aromatic heterocycles. The van der Waals surface area contributed by atoms with Gasteiger partial charge in [-0.2, -0.15) is 5.10 Å². The van der Waals surface area contributed by atoms with Gasteiger partial charge in [0.25, 0.3) is 0 Å². The number of hydrogen-bond acceptors (Lipinski definition) is 5. The predicted molar refractivity (Wildman–Crippen MR) is 90.6 cm³/mol. The Labute approximate surface area is 130 Å². The van der Waals surface area contributed by atoms with Gasteiger partial charge in [-0.15, -0.1) is 0 Å². The first-order valence-electron chi connectivity index (χ1n) is 7.26. The smallest absolute Gasteiger partial charge is 0.168 e. The van der Waals surface area contributed by atoms with Crippen LogP contribution in [0.15, 0.2) is 59.7 Å². The zero-order valence-corrected chi connectivity index (χ0v) is 12.9. The Morgan fingerprint density at radius 2 is 1.95 bits per heavy atom. The minimum Gasteiger partial charge on any atom is -0.486 e. The summed E-state index contributed by atoms with van der Waals surface area (Å²) in [5, 5.41) is 4.32. The predicted octanol–water partition coefficient (Wildman–Crippen LogP) is 2.51. The van der Waals surface area contributed by atoms with Gasteiger partial charge in [0.15, 0.2) is 5.84 Å². The van der Waals surface area contributed by atoms with Crippen molar-refractivity contribution in [1.29, 1.82) is 0 Å². The lowest BCUT2D eigenvalue weighted by molar-refractivity contribution is 0.375. The van der Waals surface area contributed by atoms with Gasteiger partial charge in [-0.3, -0.25) is 5.43 Å². The van der Waals surface area contributed by atoms with Gasteiger partial charge in [0, 0.05) is 31.5 Å². The van der Waals surface area contributed by atoms with Gasteiger partial charge in [0.05, 0.1) is 0 Å². The highest BCUT2D eigenvalue weighted by molar-refractivity contribution is 5.99. The van der Waals surface area contributed by atoms with Crippen molar-refractivity contribution >= 4 is 17.2 Å². The van der Waals surface area contributed by atoms with Crippen LogP contribution < -0.4 is 20.0 Å². The van der Waals surface area contributed by atoms with E-state index in [1.54, 1.807) is 0 Å². The van der Waals surface area contributed by atoms with E-state index in [0.717, 1.165) is 23.0 Å². The van der Waals surface area contributed by atoms with Crippen molar-refractivity contribution in [1.82, 2.24) is 5.43 Å². The first kappa shape index (κ1) is 14.3. The number of hydrogen-bond donors (Lipinski definition) is 1. The summed E-state index contributed by atoms with van der Waals surface area (Å²) in [5.74, 6) is 1.72. The van der Waals surface area contributed by atoms with E-state index < -0.39 is 0 Å². The summed E-state index contributed by atoms with van der Waals surface area (Å²) in [4.78, 5) is 4.16. The molecule has 2 aromatic carbocycles. The molecule has 3 rings (SSSR count). The second kappa shape index (κ2) is 6.39. The van der Waals surface area contributed by atoms with E-state index in [9.17, 15) is 0 Å². The molecule has 5 nitrogen and oxygen atoms in total. The highest BCUT2D eigenvalue weighted by Crippen LogP contribution is 2.20. The average Bonchev–Trinajstić information content (AvgIpc) is 3.02. The van der Waals surface area contributed by atoms with Gasteiger partial charge in [-0.25, -0.2) is 0 Å². The Kier molecular flexibility index (Phi) is 4.14. The topological polar surface area (TPSA) is 40.1 Å². The SMILES string of the molecule is CN(C)c1cccc(OCC2=NNCN2c2ccccc2)c1. The third-order valence-electron chi connectivity index (χ3n) is 3.52. The lowest BCUT2D eigenvalue weighted by atomic mass is 10.3. The minimum absolute atomic E-state index is 0.429. The van der Waals surface area contributed by atoms with Crippen LogP contribution >= 0.6 is 0 Å². The van der Waals surface area contributed by atoms with Gasteiger partial charge < -0.3 is 14.5 Å². The van der Waals surface area contributed by atoms with E-state index in [1.165, 1.54) is 0 Å². The van der Waals surface area contributed by atoms with Crippen LogP contribution in [-0.2, 0) is 0 Å². The normalized spacial score (nSPS) is 13.5. The van der Waals surface area contributed by atoms with Crippen molar-refractivity contribution < 1.29 is 4.74 Å². The number of hydrazone groups is 1. The van der Waals surface area contributed by atoms with Crippen molar-refractivity contribution in [2.24, 2.45) is 5.10 Å². The van der Waals surface area contributed by atoms with Gasteiger partial charge in [-0.1, -0.05) is 24.3 Å². The zero-order valence-electron chi connectivity index (χ0n) is 12.9. The van der Waals surface area contributed by atoms with Crippen LogP contribution in [0.2, 0.25) is 0 Å². The monoisotopic (exact) mass is 296 g/mol. The highest BCUT2D eigenvalue weighted by Gasteiger charge is 2.18. The molecular weight excluding hydrogens is 276 g/mol. The van der Waals surface area contributed by atoms with Gasteiger partial charge in [-0.05, 0) is 24.3 Å². The first-order valence-corrected chi connectivity index (χ1v) is 7.26. The third kappa shape index (κ3) is 3.14. The molecule has 0 saturated carbocycles. The maximum absolute atomic E-state index is 5.89. The fourth-order valence-corrected chi connectivity index (χ4v) is 2.31. The minimum atomic E-state index is 0.429. The fourth-order valence-electron chi connectivity index (χ4n) is 2.31. The molecule has 0 atom stereocenters. The molecule has 0 amide bonds. The van der Waals surface area contributed by atoms with Crippen molar-refractivity contribution in [3.63, 3.8) is 0 Å². The summed E-state index contributed by atoms with van der Waals surface area (Å²) in [6.45, 7) is 1.10. The molecule has 22 heavy (non-hydrogen) atoms. The Morgan fingerprint density at radius 1 is 1.14 bits per heavy atom. The Morgan fingerprint density at radius 3 is 2.73 bits per heavy atom.